The van der Waals surface area contributed by atoms with Crippen LogP contribution in [0.15, 0.2) is 11.0 Å². The lowest BCUT2D eigenvalue weighted by Gasteiger charge is -2.08. The Balaban J connectivity index is 3.26. The minimum Gasteiger partial charge on any atom is -0.503 e. The highest BCUT2D eigenvalue weighted by molar-refractivity contribution is 5.73. The number of aromatic nitrogens is 1. The summed E-state index contributed by atoms with van der Waals surface area (Å²) in [6.07, 6.45) is -2.71. The average Bonchev–Trinajstić information content (AvgIpc) is 2.24. The van der Waals surface area contributed by atoms with Crippen LogP contribution in [0.4, 0.5) is 8.78 Å². The van der Waals surface area contributed by atoms with E-state index in [1.807, 2.05) is 4.98 Å². The SMILES string of the molecule is COC(=O)Cc1c(C(F)F)c[nH]c(=O)c1O. The number of carbonyl (C=O) groups is 1. The molecule has 0 spiro atoms. The summed E-state index contributed by atoms with van der Waals surface area (Å²) in [6.45, 7) is 0. The van der Waals surface area contributed by atoms with Gasteiger partial charge in [0.1, 0.15) is 0 Å². The zero-order valence-corrected chi connectivity index (χ0v) is 8.29. The van der Waals surface area contributed by atoms with Gasteiger partial charge in [-0.2, -0.15) is 0 Å². The van der Waals surface area contributed by atoms with Crippen molar-refractivity contribution < 1.29 is 23.4 Å². The summed E-state index contributed by atoms with van der Waals surface area (Å²) in [5.41, 5.74) is -1.93. The number of aromatic hydroxyl groups is 1. The standard InChI is InChI=1S/C9H9F2NO4/c1-16-6(13)2-4-5(8(10)11)3-12-9(15)7(4)14/h3,8,14H,2H2,1H3,(H,12,15). The van der Waals surface area contributed by atoms with Crippen molar-refractivity contribution in [3.63, 3.8) is 0 Å². The number of methoxy groups -OCH3 is 1. The number of H-pyrrole nitrogens is 1. The second-order valence-corrected chi connectivity index (χ2v) is 2.95. The molecule has 2 N–H and O–H groups in total. The Morgan fingerprint density at radius 3 is 2.75 bits per heavy atom. The lowest BCUT2D eigenvalue weighted by Crippen LogP contribution is -2.14. The molecule has 16 heavy (non-hydrogen) atoms. The van der Waals surface area contributed by atoms with E-state index < -0.39 is 41.3 Å². The quantitative estimate of drug-likeness (QED) is 0.754. The van der Waals surface area contributed by atoms with Crippen molar-refractivity contribution in [2.45, 2.75) is 12.8 Å². The molecule has 0 saturated heterocycles. The lowest BCUT2D eigenvalue weighted by molar-refractivity contribution is -0.139. The van der Waals surface area contributed by atoms with Gasteiger partial charge in [-0.05, 0) is 0 Å². The molecule has 88 valence electrons. The van der Waals surface area contributed by atoms with Crippen LogP contribution in [0.5, 0.6) is 5.75 Å². The minimum absolute atomic E-state index is 0.411. The number of nitrogens with one attached hydrogen (secondary N) is 1. The molecule has 1 aromatic heterocycles. The van der Waals surface area contributed by atoms with Crippen molar-refractivity contribution in [2.24, 2.45) is 0 Å². The summed E-state index contributed by atoms with van der Waals surface area (Å²) in [5.74, 6) is -1.70. The zero-order valence-electron chi connectivity index (χ0n) is 8.29. The van der Waals surface area contributed by atoms with Gasteiger partial charge in [0.15, 0.2) is 5.75 Å². The van der Waals surface area contributed by atoms with Crippen molar-refractivity contribution in [2.75, 3.05) is 7.11 Å². The first-order valence-electron chi connectivity index (χ1n) is 4.25. The summed E-state index contributed by atoms with van der Waals surface area (Å²) < 4.78 is 29.3. The third-order valence-corrected chi connectivity index (χ3v) is 1.99. The molecular weight excluding hydrogens is 224 g/mol. The number of esters is 1. The van der Waals surface area contributed by atoms with E-state index in [0.29, 0.717) is 0 Å². The Kier molecular flexibility index (Phi) is 3.60. The maximum Gasteiger partial charge on any atom is 0.310 e. The third-order valence-electron chi connectivity index (χ3n) is 1.99. The van der Waals surface area contributed by atoms with Crippen molar-refractivity contribution >= 4 is 5.97 Å². The second kappa shape index (κ2) is 4.73. The number of halogens is 2. The van der Waals surface area contributed by atoms with Gasteiger partial charge in [-0.3, -0.25) is 9.59 Å². The molecule has 0 bridgehead atoms. The average molecular weight is 233 g/mol. The highest BCUT2D eigenvalue weighted by Crippen LogP contribution is 2.26. The highest BCUT2D eigenvalue weighted by Gasteiger charge is 2.21. The van der Waals surface area contributed by atoms with Gasteiger partial charge in [0.25, 0.3) is 12.0 Å². The van der Waals surface area contributed by atoms with Gasteiger partial charge in [0, 0.05) is 17.3 Å². The summed E-state index contributed by atoms with van der Waals surface area (Å²) in [7, 11) is 1.08. The smallest absolute Gasteiger partial charge is 0.310 e. The van der Waals surface area contributed by atoms with Gasteiger partial charge in [-0.15, -0.1) is 0 Å². The van der Waals surface area contributed by atoms with Gasteiger partial charge in [-0.25, -0.2) is 8.78 Å². The van der Waals surface area contributed by atoms with Crippen molar-refractivity contribution in [3.8, 4) is 5.75 Å². The van der Waals surface area contributed by atoms with Crippen LogP contribution in [0, 0.1) is 0 Å². The van der Waals surface area contributed by atoms with Gasteiger partial charge in [0.2, 0.25) is 0 Å². The molecule has 1 aromatic rings. The van der Waals surface area contributed by atoms with E-state index in [-0.39, 0.29) is 0 Å². The topological polar surface area (TPSA) is 79.4 Å². The van der Waals surface area contributed by atoms with E-state index in [9.17, 15) is 23.5 Å². The van der Waals surface area contributed by atoms with Crippen LogP contribution in [0.1, 0.15) is 17.6 Å². The summed E-state index contributed by atoms with van der Waals surface area (Å²) in [6, 6.07) is 0. The minimum atomic E-state index is -2.90. The molecule has 0 aliphatic rings. The predicted molar refractivity (Wildman–Crippen MR) is 49.4 cm³/mol. The first-order chi connectivity index (χ1) is 7.47. The maximum absolute atomic E-state index is 12.5. The van der Waals surface area contributed by atoms with Crippen LogP contribution in [0.3, 0.4) is 0 Å². The van der Waals surface area contributed by atoms with Crippen LogP contribution in [0.25, 0.3) is 0 Å². The second-order valence-electron chi connectivity index (χ2n) is 2.95. The molecule has 0 aromatic carbocycles. The van der Waals surface area contributed by atoms with Crippen LogP contribution in [-0.2, 0) is 16.0 Å². The number of rotatable bonds is 3. The van der Waals surface area contributed by atoms with Crippen molar-refractivity contribution in [1.29, 1.82) is 0 Å². The van der Waals surface area contributed by atoms with E-state index in [0.717, 1.165) is 13.3 Å². The van der Waals surface area contributed by atoms with Crippen LogP contribution < -0.4 is 5.56 Å². The Morgan fingerprint density at radius 1 is 1.62 bits per heavy atom. The fourth-order valence-electron chi connectivity index (χ4n) is 1.17. The summed E-state index contributed by atoms with van der Waals surface area (Å²) in [5, 5.41) is 9.29. The molecule has 5 nitrogen and oxygen atoms in total. The number of pyridine rings is 1. The number of hydrogen-bond acceptors (Lipinski definition) is 4. The molecule has 0 amide bonds. The molecular formula is C9H9F2NO4. The van der Waals surface area contributed by atoms with Gasteiger partial charge in [0.05, 0.1) is 13.5 Å². The molecule has 0 radical (unpaired) electrons. The Labute approximate surface area is 88.7 Å². The Morgan fingerprint density at radius 2 is 2.25 bits per heavy atom. The lowest BCUT2D eigenvalue weighted by atomic mass is 10.1. The third kappa shape index (κ3) is 2.36. The van der Waals surface area contributed by atoms with E-state index in [1.54, 1.807) is 0 Å². The van der Waals surface area contributed by atoms with Crippen LogP contribution in [-0.4, -0.2) is 23.2 Å². The predicted octanol–water partition coefficient (Wildman–Crippen LogP) is 0.734. The number of alkyl halides is 2. The Bertz CT molecular complexity index is 455. The number of carbonyl (C=O) groups excluding carboxylic acids is 1. The van der Waals surface area contributed by atoms with E-state index >= 15 is 0 Å². The molecule has 0 aliphatic carbocycles. The molecule has 1 rings (SSSR count). The van der Waals surface area contributed by atoms with Gasteiger partial charge < -0.3 is 14.8 Å². The van der Waals surface area contributed by atoms with Gasteiger partial charge >= 0.3 is 5.97 Å². The number of aromatic amines is 1. The number of ether oxygens (including phenoxy) is 1. The molecule has 7 heteroatoms. The highest BCUT2D eigenvalue weighted by atomic mass is 19.3. The first kappa shape index (κ1) is 12.2. The van der Waals surface area contributed by atoms with Crippen molar-refractivity contribution in [1.82, 2.24) is 4.98 Å². The zero-order chi connectivity index (χ0) is 12.3. The summed E-state index contributed by atoms with van der Waals surface area (Å²) >= 11 is 0. The fourth-order valence-corrected chi connectivity index (χ4v) is 1.17. The molecule has 1 heterocycles. The normalized spacial score (nSPS) is 10.5. The van der Waals surface area contributed by atoms with Crippen molar-refractivity contribution in [3.05, 3.63) is 27.7 Å². The summed E-state index contributed by atoms with van der Waals surface area (Å²) in [4.78, 5) is 23.9. The van der Waals surface area contributed by atoms with Crippen LogP contribution in [0.2, 0.25) is 0 Å². The van der Waals surface area contributed by atoms with Gasteiger partial charge in [-0.1, -0.05) is 0 Å². The maximum atomic E-state index is 12.5. The molecule has 0 saturated carbocycles. The molecule has 0 aliphatic heterocycles. The Hall–Kier alpha value is -1.92. The molecule has 0 fully saturated rings. The van der Waals surface area contributed by atoms with E-state index in [1.165, 1.54) is 0 Å². The molecule has 0 atom stereocenters. The fraction of sp³-hybridized carbons (Fsp3) is 0.333. The monoisotopic (exact) mass is 233 g/mol. The first-order valence-corrected chi connectivity index (χ1v) is 4.25. The number of hydrogen-bond donors (Lipinski definition) is 2. The molecule has 0 unspecified atom stereocenters. The largest absolute Gasteiger partial charge is 0.503 e. The van der Waals surface area contributed by atoms with E-state index in [4.69, 9.17) is 0 Å². The van der Waals surface area contributed by atoms with Crippen LogP contribution >= 0.6 is 0 Å². The van der Waals surface area contributed by atoms with E-state index in [2.05, 4.69) is 4.74 Å².